The molecule has 0 aliphatic carbocycles. The number of nitrogens with one attached hydrogen (secondary N) is 1. The minimum absolute atomic E-state index is 0.124. The number of alkyl halides is 3. The van der Waals surface area contributed by atoms with E-state index in [-0.39, 0.29) is 12.5 Å². The van der Waals surface area contributed by atoms with Gasteiger partial charge in [-0.3, -0.25) is 4.79 Å². The van der Waals surface area contributed by atoms with Crippen LogP contribution >= 0.6 is 0 Å². The number of hydrogen-bond acceptors (Lipinski definition) is 2. The van der Waals surface area contributed by atoms with Crippen LogP contribution in [0.25, 0.3) is 0 Å². The molecule has 0 aliphatic heterocycles. The first-order chi connectivity index (χ1) is 13.7. The van der Waals surface area contributed by atoms with Crippen molar-refractivity contribution in [3.8, 4) is 11.5 Å². The summed E-state index contributed by atoms with van der Waals surface area (Å²) in [7, 11) is 0. The van der Waals surface area contributed by atoms with Crippen LogP contribution in [0.5, 0.6) is 11.5 Å². The molecule has 3 aromatic rings. The van der Waals surface area contributed by atoms with Crippen molar-refractivity contribution >= 4 is 5.91 Å². The van der Waals surface area contributed by atoms with Gasteiger partial charge in [-0.15, -0.1) is 0 Å². The van der Waals surface area contributed by atoms with Crippen molar-refractivity contribution < 1.29 is 22.7 Å². The maximum Gasteiger partial charge on any atom is 0.416 e. The predicted octanol–water partition coefficient (Wildman–Crippen LogP) is 6.04. The summed E-state index contributed by atoms with van der Waals surface area (Å²) in [4.78, 5) is 12.6. The maximum absolute atomic E-state index is 12.6. The summed E-state index contributed by atoms with van der Waals surface area (Å²) < 4.78 is 43.8. The number of carbonyl (C=O) groups excluding carboxylic acids is 1. The number of benzene rings is 3. The molecule has 0 aromatic heterocycles. The Morgan fingerprint density at radius 3 is 2.31 bits per heavy atom. The van der Waals surface area contributed by atoms with Gasteiger partial charge in [0.05, 0.1) is 5.56 Å². The molecule has 1 N–H and O–H groups in total. The van der Waals surface area contributed by atoms with Crippen molar-refractivity contribution in [2.24, 2.45) is 0 Å². The van der Waals surface area contributed by atoms with Crippen LogP contribution in [0.4, 0.5) is 13.2 Å². The van der Waals surface area contributed by atoms with Crippen molar-refractivity contribution in [2.45, 2.75) is 26.6 Å². The first kappa shape index (κ1) is 20.5. The van der Waals surface area contributed by atoms with Gasteiger partial charge in [0, 0.05) is 17.7 Å². The molecule has 0 bridgehead atoms. The summed E-state index contributed by atoms with van der Waals surface area (Å²) >= 11 is 0. The zero-order chi connectivity index (χ0) is 21.0. The summed E-state index contributed by atoms with van der Waals surface area (Å²) in [5.74, 6) is 0.922. The Balaban J connectivity index is 1.69. The van der Waals surface area contributed by atoms with Gasteiger partial charge < -0.3 is 10.1 Å². The molecule has 1 amide bonds. The fraction of sp³-hybridized carbons (Fsp3) is 0.174. The summed E-state index contributed by atoms with van der Waals surface area (Å²) in [5.41, 5.74) is 2.05. The van der Waals surface area contributed by atoms with Crippen LogP contribution in [0.2, 0.25) is 0 Å². The lowest BCUT2D eigenvalue weighted by molar-refractivity contribution is -0.137. The highest BCUT2D eigenvalue weighted by molar-refractivity contribution is 5.96. The fourth-order valence-electron chi connectivity index (χ4n) is 2.87. The van der Waals surface area contributed by atoms with Gasteiger partial charge in [-0.2, -0.15) is 13.2 Å². The molecule has 0 radical (unpaired) electrons. The summed E-state index contributed by atoms with van der Waals surface area (Å²) in [6.45, 7) is 3.88. The van der Waals surface area contributed by atoms with E-state index in [0.29, 0.717) is 28.2 Å². The van der Waals surface area contributed by atoms with Crippen LogP contribution in [-0.2, 0) is 12.7 Å². The fourth-order valence-corrected chi connectivity index (χ4v) is 2.87. The molecule has 29 heavy (non-hydrogen) atoms. The molecule has 3 nitrogen and oxygen atoms in total. The molecule has 0 heterocycles. The number of hydrogen-bond donors (Lipinski definition) is 1. The third-order valence-electron chi connectivity index (χ3n) is 4.48. The second-order valence-corrected chi connectivity index (χ2v) is 6.72. The van der Waals surface area contributed by atoms with E-state index in [4.69, 9.17) is 4.74 Å². The number of aryl methyl sites for hydroxylation is 1. The highest BCUT2D eigenvalue weighted by Crippen LogP contribution is 2.29. The Hall–Kier alpha value is -3.28. The van der Waals surface area contributed by atoms with Gasteiger partial charge in [0.2, 0.25) is 0 Å². The van der Waals surface area contributed by atoms with Gasteiger partial charge in [0.25, 0.3) is 5.91 Å². The summed E-state index contributed by atoms with van der Waals surface area (Å²) in [5, 5.41) is 2.74. The molecule has 0 spiro atoms. The van der Waals surface area contributed by atoms with Crippen molar-refractivity contribution in [2.75, 3.05) is 0 Å². The summed E-state index contributed by atoms with van der Waals surface area (Å²) in [6, 6.07) is 17.5. The van der Waals surface area contributed by atoms with Crippen LogP contribution in [0.15, 0.2) is 66.7 Å². The molecule has 150 valence electrons. The third kappa shape index (κ3) is 5.16. The van der Waals surface area contributed by atoms with Gasteiger partial charge in [-0.25, -0.2) is 0 Å². The molecular formula is C23H20F3NO2. The average Bonchev–Trinajstić information content (AvgIpc) is 2.67. The Morgan fingerprint density at radius 2 is 1.66 bits per heavy atom. The monoisotopic (exact) mass is 399 g/mol. The topological polar surface area (TPSA) is 38.3 Å². The number of ether oxygens (including phenoxy) is 1. The Bertz CT molecular complexity index is 1010. The molecule has 0 saturated carbocycles. The summed E-state index contributed by atoms with van der Waals surface area (Å²) in [6.07, 6.45) is -4.38. The van der Waals surface area contributed by atoms with Crippen molar-refractivity contribution in [3.05, 3.63) is 94.5 Å². The first-order valence-corrected chi connectivity index (χ1v) is 9.02. The first-order valence-electron chi connectivity index (χ1n) is 9.02. The van der Waals surface area contributed by atoms with E-state index in [1.165, 1.54) is 12.1 Å². The Morgan fingerprint density at radius 1 is 0.966 bits per heavy atom. The lowest BCUT2D eigenvalue weighted by Gasteiger charge is -2.13. The highest BCUT2D eigenvalue weighted by Gasteiger charge is 2.29. The Labute approximate surface area is 167 Å². The van der Waals surface area contributed by atoms with Crippen molar-refractivity contribution in [3.63, 3.8) is 0 Å². The zero-order valence-corrected chi connectivity index (χ0v) is 16.0. The van der Waals surface area contributed by atoms with Crippen LogP contribution in [0.3, 0.4) is 0 Å². The van der Waals surface area contributed by atoms with Crippen molar-refractivity contribution in [1.29, 1.82) is 0 Å². The van der Waals surface area contributed by atoms with Crippen molar-refractivity contribution in [1.82, 2.24) is 5.32 Å². The van der Waals surface area contributed by atoms with E-state index < -0.39 is 11.7 Å². The standard InChI is InChI=1S/C23H20F3NO2/c1-15-5-3-6-19(13-15)29-21-8-4-7-20(16(21)2)22(28)27-14-17-9-11-18(12-10-17)23(24,25)26/h3-13H,14H2,1-2H3,(H,27,28). The Kier molecular flexibility index (Phi) is 5.92. The molecule has 0 unspecified atom stereocenters. The zero-order valence-electron chi connectivity index (χ0n) is 16.0. The van der Waals surface area contributed by atoms with Crippen LogP contribution in [0.1, 0.15) is 32.6 Å². The average molecular weight is 399 g/mol. The third-order valence-corrected chi connectivity index (χ3v) is 4.48. The smallest absolute Gasteiger partial charge is 0.416 e. The van der Waals surface area contributed by atoms with Gasteiger partial charge in [0.1, 0.15) is 11.5 Å². The van der Waals surface area contributed by atoms with E-state index in [1.807, 2.05) is 31.2 Å². The minimum atomic E-state index is -4.38. The number of halogens is 3. The van der Waals surface area contributed by atoms with Crippen LogP contribution in [-0.4, -0.2) is 5.91 Å². The van der Waals surface area contributed by atoms with Crippen LogP contribution < -0.4 is 10.1 Å². The predicted molar refractivity (Wildman–Crippen MR) is 105 cm³/mol. The van der Waals surface area contributed by atoms with Gasteiger partial charge >= 0.3 is 6.18 Å². The van der Waals surface area contributed by atoms with E-state index in [2.05, 4.69) is 5.32 Å². The molecule has 0 aliphatic rings. The molecule has 6 heteroatoms. The lowest BCUT2D eigenvalue weighted by Crippen LogP contribution is -2.23. The second kappa shape index (κ2) is 8.39. The van der Waals surface area contributed by atoms with E-state index in [9.17, 15) is 18.0 Å². The van der Waals surface area contributed by atoms with E-state index >= 15 is 0 Å². The normalized spacial score (nSPS) is 11.2. The second-order valence-electron chi connectivity index (χ2n) is 6.72. The quantitative estimate of drug-likeness (QED) is 0.568. The lowest BCUT2D eigenvalue weighted by atomic mass is 10.1. The number of rotatable bonds is 5. The van der Waals surface area contributed by atoms with Gasteiger partial charge in [0.15, 0.2) is 0 Å². The van der Waals surface area contributed by atoms with E-state index in [0.717, 1.165) is 17.7 Å². The number of amides is 1. The van der Waals surface area contributed by atoms with Gasteiger partial charge in [-0.05, 0) is 61.4 Å². The molecule has 0 saturated heterocycles. The van der Waals surface area contributed by atoms with Gasteiger partial charge in [-0.1, -0.05) is 30.3 Å². The minimum Gasteiger partial charge on any atom is -0.457 e. The molecular weight excluding hydrogens is 379 g/mol. The molecule has 0 atom stereocenters. The largest absolute Gasteiger partial charge is 0.457 e. The molecule has 0 fully saturated rings. The molecule has 3 rings (SSSR count). The maximum atomic E-state index is 12.6. The van der Waals surface area contributed by atoms with E-state index in [1.54, 1.807) is 25.1 Å². The van der Waals surface area contributed by atoms with Crippen LogP contribution in [0, 0.1) is 13.8 Å². The number of carbonyl (C=O) groups is 1. The SMILES string of the molecule is Cc1cccc(Oc2cccc(C(=O)NCc3ccc(C(F)(F)F)cc3)c2C)c1. The highest BCUT2D eigenvalue weighted by atomic mass is 19.4. The molecule has 3 aromatic carbocycles.